The number of carbonyl (C=O) groups is 1. The minimum atomic E-state index is 0.289. The normalized spacial score (nSPS) is 20.1. The molecule has 0 atom stereocenters. The van der Waals surface area contributed by atoms with Gasteiger partial charge in [0.2, 0.25) is 5.91 Å². The van der Waals surface area contributed by atoms with Gasteiger partial charge in [0.15, 0.2) is 0 Å². The molecule has 1 saturated heterocycles. The van der Waals surface area contributed by atoms with Crippen LogP contribution in [0.1, 0.15) is 76.0 Å². The summed E-state index contributed by atoms with van der Waals surface area (Å²) in [6.07, 6.45) is 11.4. The minimum Gasteiger partial charge on any atom is -0.352 e. The highest BCUT2D eigenvalue weighted by Crippen LogP contribution is 2.41. The van der Waals surface area contributed by atoms with E-state index < -0.39 is 0 Å². The number of nitrogens with zero attached hydrogens (tertiary/aromatic N) is 4. The van der Waals surface area contributed by atoms with E-state index in [4.69, 9.17) is 21.6 Å². The lowest BCUT2D eigenvalue weighted by atomic mass is 9.93. The Labute approximate surface area is 183 Å². The largest absolute Gasteiger partial charge is 0.352 e. The molecule has 2 aromatic rings. The number of carbonyl (C=O) groups excluding carboxylic acids is 1. The molecule has 6 heteroatoms. The van der Waals surface area contributed by atoms with Crippen LogP contribution in [0.3, 0.4) is 0 Å². The standard InChI is InChI=1S/C24H31ClN4O/c25-18-10-11-20-21(16-18)26-23(17-8-9-17)27-24(20)29(19-6-2-1-3-7-19)15-12-22(30)28-13-4-5-14-28/h10-11,16-17,19H,1-9,12-15H2. The second-order valence-electron chi connectivity index (χ2n) is 9.16. The van der Waals surface area contributed by atoms with E-state index in [1.165, 1.54) is 44.9 Å². The Morgan fingerprint density at radius 1 is 1.03 bits per heavy atom. The van der Waals surface area contributed by atoms with E-state index in [1.807, 2.05) is 17.0 Å². The third-order valence-corrected chi connectivity index (χ3v) is 7.15. The van der Waals surface area contributed by atoms with Crippen molar-refractivity contribution in [3.05, 3.63) is 29.0 Å². The Morgan fingerprint density at radius 2 is 1.80 bits per heavy atom. The zero-order valence-corrected chi connectivity index (χ0v) is 18.4. The zero-order valence-electron chi connectivity index (χ0n) is 17.7. The van der Waals surface area contributed by atoms with Crippen LogP contribution in [0.5, 0.6) is 0 Å². The number of aromatic nitrogens is 2. The maximum Gasteiger partial charge on any atom is 0.224 e. The SMILES string of the molecule is O=C(CCN(c1nc(C2CC2)nc2cc(Cl)ccc12)C1CCCCC1)N1CCCC1. The molecule has 3 fully saturated rings. The highest BCUT2D eigenvalue weighted by molar-refractivity contribution is 6.31. The van der Waals surface area contributed by atoms with Gasteiger partial charge >= 0.3 is 0 Å². The molecule has 30 heavy (non-hydrogen) atoms. The number of halogens is 1. The van der Waals surface area contributed by atoms with Gasteiger partial charge < -0.3 is 9.80 Å². The van der Waals surface area contributed by atoms with Crippen molar-refractivity contribution in [1.82, 2.24) is 14.9 Å². The molecular weight excluding hydrogens is 396 g/mol. The quantitative estimate of drug-likeness (QED) is 0.627. The Kier molecular flexibility index (Phi) is 5.81. The molecule has 1 aliphatic heterocycles. The lowest BCUT2D eigenvalue weighted by Crippen LogP contribution is -2.40. The molecule has 160 valence electrons. The van der Waals surface area contributed by atoms with Crippen LogP contribution in [-0.4, -0.2) is 46.5 Å². The van der Waals surface area contributed by atoms with Crippen molar-refractivity contribution in [1.29, 1.82) is 0 Å². The third-order valence-electron chi connectivity index (χ3n) is 6.91. The van der Waals surface area contributed by atoms with E-state index in [1.54, 1.807) is 0 Å². The van der Waals surface area contributed by atoms with Gasteiger partial charge in [0.05, 0.1) is 5.52 Å². The number of benzene rings is 1. The number of anilines is 1. The highest BCUT2D eigenvalue weighted by Gasteiger charge is 2.31. The summed E-state index contributed by atoms with van der Waals surface area (Å²) in [5.74, 6) is 2.73. The molecule has 0 N–H and O–H groups in total. The maximum atomic E-state index is 12.8. The Balaban J connectivity index is 1.49. The van der Waals surface area contributed by atoms with Crippen molar-refractivity contribution < 1.29 is 4.79 Å². The molecule has 5 rings (SSSR count). The fourth-order valence-corrected chi connectivity index (χ4v) is 5.21. The molecule has 2 aliphatic carbocycles. The molecule has 0 bridgehead atoms. The second kappa shape index (κ2) is 8.70. The van der Waals surface area contributed by atoms with Crippen LogP contribution < -0.4 is 4.90 Å². The van der Waals surface area contributed by atoms with Crippen LogP contribution in [0.2, 0.25) is 5.02 Å². The van der Waals surface area contributed by atoms with Crippen LogP contribution in [0.4, 0.5) is 5.82 Å². The lowest BCUT2D eigenvalue weighted by Gasteiger charge is -2.36. The predicted octanol–water partition coefficient (Wildman–Crippen LogP) is 5.31. The monoisotopic (exact) mass is 426 g/mol. The van der Waals surface area contributed by atoms with Gasteiger partial charge in [-0.1, -0.05) is 30.9 Å². The Morgan fingerprint density at radius 3 is 2.53 bits per heavy atom. The lowest BCUT2D eigenvalue weighted by molar-refractivity contribution is -0.129. The molecule has 1 aromatic carbocycles. The van der Waals surface area contributed by atoms with E-state index in [0.29, 0.717) is 23.4 Å². The smallest absolute Gasteiger partial charge is 0.224 e. The van der Waals surface area contributed by atoms with E-state index in [0.717, 1.165) is 55.0 Å². The molecule has 1 amide bonds. The van der Waals surface area contributed by atoms with Gasteiger partial charge in [-0.2, -0.15) is 0 Å². The highest BCUT2D eigenvalue weighted by atomic mass is 35.5. The fraction of sp³-hybridized carbons (Fsp3) is 0.625. The molecule has 3 aliphatic rings. The van der Waals surface area contributed by atoms with Crippen molar-refractivity contribution >= 4 is 34.2 Å². The molecule has 2 heterocycles. The van der Waals surface area contributed by atoms with Crippen molar-refractivity contribution in [2.24, 2.45) is 0 Å². The van der Waals surface area contributed by atoms with Crippen LogP contribution >= 0.6 is 11.6 Å². The summed E-state index contributed by atoms with van der Waals surface area (Å²) in [6, 6.07) is 6.40. The first-order valence-corrected chi connectivity index (χ1v) is 12.1. The average molecular weight is 427 g/mol. The molecule has 1 aromatic heterocycles. The second-order valence-corrected chi connectivity index (χ2v) is 9.60. The molecule has 5 nitrogen and oxygen atoms in total. The molecule has 0 spiro atoms. The summed E-state index contributed by atoms with van der Waals surface area (Å²) in [6.45, 7) is 2.57. The predicted molar refractivity (Wildman–Crippen MR) is 121 cm³/mol. The Bertz CT molecular complexity index is 917. The zero-order chi connectivity index (χ0) is 20.5. The number of hydrogen-bond acceptors (Lipinski definition) is 4. The number of likely N-dealkylation sites (tertiary alicyclic amines) is 1. The summed E-state index contributed by atoms with van der Waals surface area (Å²) in [4.78, 5) is 27.2. The van der Waals surface area contributed by atoms with Gasteiger partial charge in [-0.3, -0.25) is 4.79 Å². The van der Waals surface area contributed by atoms with Crippen LogP contribution in [0.15, 0.2) is 18.2 Å². The van der Waals surface area contributed by atoms with E-state index >= 15 is 0 Å². The summed E-state index contributed by atoms with van der Waals surface area (Å²) in [5.41, 5.74) is 0.932. The number of amides is 1. The van der Waals surface area contributed by atoms with Gasteiger partial charge in [0.25, 0.3) is 0 Å². The summed E-state index contributed by atoms with van der Waals surface area (Å²) >= 11 is 6.30. The third kappa shape index (κ3) is 4.27. The molecular formula is C24H31ClN4O. The number of rotatable bonds is 6. The molecule has 2 saturated carbocycles. The number of fused-ring (bicyclic) bond motifs is 1. The van der Waals surface area contributed by atoms with Crippen molar-refractivity contribution in [2.45, 2.75) is 76.2 Å². The van der Waals surface area contributed by atoms with Gasteiger partial charge in [-0.05, 0) is 56.7 Å². The van der Waals surface area contributed by atoms with Crippen molar-refractivity contribution in [2.75, 3.05) is 24.5 Å². The van der Waals surface area contributed by atoms with Gasteiger partial charge in [0, 0.05) is 48.4 Å². The summed E-state index contributed by atoms with van der Waals surface area (Å²) in [5, 5.41) is 1.77. The average Bonchev–Trinajstić information content (AvgIpc) is 3.47. The van der Waals surface area contributed by atoms with Crippen LogP contribution in [-0.2, 0) is 4.79 Å². The minimum absolute atomic E-state index is 0.289. The van der Waals surface area contributed by atoms with E-state index in [9.17, 15) is 4.79 Å². The van der Waals surface area contributed by atoms with E-state index in [-0.39, 0.29) is 5.91 Å². The fourth-order valence-electron chi connectivity index (χ4n) is 5.04. The van der Waals surface area contributed by atoms with Gasteiger partial charge in [-0.25, -0.2) is 9.97 Å². The first-order valence-electron chi connectivity index (χ1n) is 11.7. The Hall–Kier alpha value is -1.88. The van der Waals surface area contributed by atoms with Crippen molar-refractivity contribution in [3.63, 3.8) is 0 Å². The summed E-state index contributed by atoms with van der Waals surface area (Å²) in [7, 11) is 0. The van der Waals surface area contributed by atoms with E-state index in [2.05, 4.69) is 11.0 Å². The van der Waals surface area contributed by atoms with Gasteiger partial charge in [0.1, 0.15) is 11.6 Å². The first kappa shape index (κ1) is 20.0. The molecule has 0 unspecified atom stereocenters. The maximum absolute atomic E-state index is 12.8. The topological polar surface area (TPSA) is 49.3 Å². The number of hydrogen-bond donors (Lipinski definition) is 0. The van der Waals surface area contributed by atoms with Gasteiger partial charge in [-0.15, -0.1) is 0 Å². The van der Waals surface area contributed by atoms with Crippen LogP contribution in [0.25, 0.3) is 10.9 Å². The molecule has 0 radical (unpaired) electrons. The van der Waals surface area contributed by atoms with Crippen molar-refractivity contribution in [3.8, 4) is 0 Å². The first-order chi connectivity index (χ1) is 14.7. The summed E-state index contributed by atoms with van der Waals surface area (Å²) < 4.78 is 0. The van der Waals surface area contributed by atoms with Crippen LogP contribution in [0, 0.1) is 0 Å².